The van der Waals surface area contributed by atoms with E-state index in [1.807, 2.05) is 18.2 Å². The fraction of sp³-hybridized carbons (Fsp3) is 0.333. The van der Waals surface area contributed by atoms with Gasteiger partial charge in [-0.1, -0.05) is 18.2 Å². The number of rotatable bonds is 3. The van der Waals surface area contributed by atoms with E-state index in [9.17, 15) is 13.2 Å². The molecule has 138 valence electrons. The predicted octanol–water partition coefficient (Wildman–Crippen LogP) is 0.513. The van der Waals surface area contributed by atoms with Gasteiger partial charge >= 0.3 is 0 Å². The van der Waals surface area contributed by atoms with Gasteiger partial charge in [-0.05, 0) is 6.08 Å². The van der Waals surface area contributed by atoms with E-state index in [0.717, 1.165) is 16.9 Å². The van der Waals surface area contributed by atoms with Crippen LogP contribution in [0.3, 0.4) is 0 Å². The molecule has 1 aliphatic heterocycles. The van der Waals surface area contributed by atoms with Crippen molar-refractivity contribution in [1.82, 2.24) is 5.32 Å². The van der Waals surface area contributed by atoms with Crippen molar-refractivity contribution in [2.45, 2.75) is 13.0 Å². The standard InChI is InChI=1S/C14H17N3O3.CH4O3S/c1-19-8-11-4-2-3-9-7-10(5-6-20-12(9)11)13(18)17-14(15)16;1-5(2,3)4/h2-4,7H,5-6,8H2,1H3,(H4,15,16,17,18);1H3,(H,2,3,4). The molecule has 0 unspecified atom stereocenters. The lowest BCUT2D eigenvalue weighted by Gasteiger charge is -2.11. The fourth-order valence-electron chi connectivity index (χ4n) is 2.07. The van der Waals surface area contributed by atoms with Crippen molar-refractivity contribution >= 4 is 28.1 Å². The van der Waals surface area contributed by atoms with Crippen LogP contribution < -0.4 is 15.8 Å². The second kappa shape index (κ2) is 9.16. The quantitative estimate of drug-likeness (QED) is 0.343. The number of hydrogen-bond acceptors (Lipinski definition) is 6. The lowest BCUT2D eigenvalue weighted by Crippen LogP contribution is -2.36. The van der Waals surface area contributed by atoms with Gasteiger partial charge in [-0.15, -0.1) is 0 Å². The summed E-state index contributed by atoms with van der Waals surface area (Å²) in [5.74, 6) is 0.000456. The van der Waals surface area contributed by atoms with E-state index in [1.54, 1.807) is 13.2 Å². The first-order valence-corrected chi connectivity index (χ1v) is 8.98. The van der Waals surface area contributed by atoms with Gasteiger partial charge in [0.15, 0.2) is 5.96 Å². The first-order valence-electron chi connectivity index (χ1n) is 7.14. The highest BCUT2D eigenvalue weighted by Gasteiger charge is 2.17. The fourth-order valence-corrected chi connectivity index (χ4v) is 2.07. The van der Waals surface area contributed by atoms with Crippen LogP contribution in [0.25, 0.3) is 6.08 Å². The summed E-state index contributed by atoms with van der Waals surface area (Å²) in [6, 6.07) is 5.69. The monoisotopic (exact) mass is 371 g/mol. The number of methoxy groups -OCH3 is 1. The van der Waals surface area contributed by atoms with Crippen molar-refractivity contribution in [3.63, 3.8) is 0 Å². The van der Waals surface area contributed by atoms with Gasteiger partial charge in [0.1, 0.15) is 5.75 Å². The van der Waals surface area contributed by atoms with Crippen LogP contribution in [-0.2, 0) is 26.3 Å². The van der Waals surface area contributed by atoms with Gasteiger partial charge in [-0.25, -0.2) is 0 Å². The van der Waals surface area contributed by atoms with Crippen molar-refractivity contribution in [2.75, 3.05) is 20.0 Å². The van der Waals surface area contributed by atoms with Gasteiger partial charge in [-0.2, -0.15) is 8.42 Å². The molecule has 0 aromatic heterocycles. The number of nitrogens with two attached hydrogens (primary N) is 1. The summed E-state index contributed by atoms with van der Waals surface area (Å²) in [6.45, 7) is 0.844. The Morgan fingerprint density at radius 2 is 2.12 bits per heavy atom. The third-order valence-electron chi connectivity index (χ3n) is 2.91. The normalized spacial score (nSPS) is 13.2. The molecule has 0 atom stereocenters. The molecule has 0 radical (unpaired) electrons. The summed E-state index contributed by atoms with van der Waals surface area (Å²) in [7, 11) is -2.04. The number of para-hydroxylation sites is 1. The first-order chi connectivity index (χ1) is 11.6. The molecule has 0 aliphatic carbocycles. The number of amides is 1. The van der Waals surface area contributed by atoms with Crippen LogP contribution in [-0.4, -0.2) is 44.8 Å². The molecule has 1 aliphatic rings. The van der Waals surface area contributed by atoms with Crippen LogP contribution in [0.4, 0.5) is 0 Å². The topological polar surface area (TPSA) is 152 Å². The summed E-state index contributed by atoms with van der Waals surface area (Å²) in [5, 5.41) is 9.39. The summed E-state index contributed by atoms with van der Waals surface area (Å²) < 4.78 is 36.7. The van der Waals surface area contributed by atoms with Crippen molar-refractivity contribution in [3.8, 4) is 5.75 Å². The molecule has 0 bridgehead atoms. The molecule has 0 fully saturated rings. The Balaban J connectivity index is 0.000000550. The van der Waals surface area contributed by atoms with Crippen molar-refractivity contribution in [1.29, 1.82) is 5.41 Å². The molecule has 5 N–H and O–H groups in total. The maximum absolute atomic E-state index is 11.9. The molecule has 2 rings (SSSR count). The number of carbonyl (C=O) groups is 1. The largest absolute Gasteiger partial charge is 0.492 e. The van der Waals surface area contributed by atoms with Gasteiger partial charge < -0.3 is 15.2 Å². The molecular formula is C15H21N3O6S. The Kier molecular flexibility index (Phi) is 7.55. The average Bonchev–Trinajstić information content (AvgIpc) is 2.68. The van der Waals surface area contributed by atoms with E-state index in [4.69, 9.17) is 25.2 Å². The zero-order valence-electron chi connectivity index (χ0n) is 13.9. The third-order valence-corrected chi connectivity index (χ3v) is 2.91. The van der Waals surface area contributed by atoms with Crippen LogP contribution in [0.2, 0.25) is 0 Å². The number of guanidine groups is 1. The number of hydrogen-bond donors (Lipinski definition) is 4. The van der Waals surface area contributed by atoms with E-state index >= 15 is 0 Å². The van der Waals surface area contributed by atoms with Gasteiger partial charge in [0.05, 0.1) is 19.5 Å². The number of benzene rings is 1. The lowest BCUT2D eigenvalue weighted by atomic mass is 10.1. The predicted molar refractivity (Wildman–Crippen MR) is 92.8 cm³/mol. The minimum atomic E-state index is -3.67. The number of ether oxygens (including phenoxy) is 2. The molecule has 9 nitrogen and oxygen atoms in total. The van der Waals surface area contributed by atoms with Crippen LogP contribution in [0.15, 0.2) is 23.8 Å². The van der Waals surface area contributed by atoms with Gasteiger partial charge in [0.2, 0.25) is 0 Å². The molecule has 0 spiro atoms. The van der Waals surface area contributed by atoms with Crippen molar-refractivity contribution in [2.24, 2.45) is 5.73 Å². The first kappa shape index (κ1) is 20.6. The SMILES string of the molecule is COCc1cccc2c1OCCC(C(=O)NC(=N)N)=C2.CS(=O)(=O)O. The molecular weight excluding hydrogens is 350 g/mol. The molecule has 0 saturated heterocycles. The third kappa shape index (κ3) is 7.79. The molecule has 25 heavy (non-hydrogen) atoms. The maximum atomic E-state index is 11.9. The lowest BCUT2D eigenvalue weighted by molar-refractivity contribution is -0.116. The molecule has 1 heterocycles. The van der Waals surface area contributed by atoms with Crippen molar-refractivity contribution in [3.05, 3.63) is 34.9 Å². The van der Waals surface area contributed by atoms with Crippen LogP contribution in [0.5, 0.6) is 5.75 Å². The number of carbonyl (C=O) groups excluding carboxylic acids is 1. The Morgan fingerprint density at radius 1 is 1.48 bits per heavy atom. The molecule has 1 aromatic carbocycles. The van der Waals surface area contributed by atoms with E-state index < -0.39 is 10.1 Å². The van der Waals surface area contributed by atoms with E-state index in [2.05, 4.69) is 5.32 Å². The molecule has 1 amide bonds. The summed E-state index contributed by atoms with van der Waals surface area (Å²) in [4.78, 5) is 11.9. The minimum absolute atomic E-state index is 0.366. The van der Waals surface area contributed by atoms with Gasteiger partial charge in [0, 0.05) is 30.2 Å². The van der Waals surface area contributed by atoms with E-state index in [0.29, 0.717) is 31.5 Å². The summed E-state index contributed by atoms with van der Waals surface area (Å²) >= 11 is 0. The van der Waals surface area contributed by atoms with Crippen molar-refractivity contribution < 1.29 is 27.2 Å². The Morgan fingerprint density at radius 3 is 2.68 bits per heavy atom. The Hall–Kier alpha value is -2.43. The maximum Gasteiger partial charge on any atom is 0.261 e. The molecule has 0 saturated carbocycles. The zero-order chi connectivity index (χ0) is 19.0. The summed E-state index contributed by atoms with van der Waals surface area (Å²) in [6.07, 6.45) is 2.94. The number of fused-ring (bicyclic) bond motifs is 1. The smallest absolute Gasteiger partial charge is 0.261 e. The van der Waals surface area contributed by atoms with E-state index in [-0.39, 0.29) is 11.9 Å². The number of nitrogens with one attached hydrogen (secondary N) is 2. The highest BCUT2D eigenvalue weighted by Crippen LogP contribution is 2.30. The molecule has 10 heteroatoms. The highest BCUT2D eigenvalue weighted by molar-refractivity contribution is 7.85. The zero-order valence-corrected chi connectivity index (χ0v) is 14.7. The second-order valence-electron chi connectivity index (χ2n) is 5.14. The Bertz CT molecular complexity index is 765. The summed E-state index contributed by atoms with van der Waals surface area (Å²) in [5.41, 5.74) is 7.47. The van der Waals surface area contributed by atoms with Crippen LogP contribution in [0, 0.1) is 5.41 Å². The van der Waals surface area contributed by atoms with Crippen LogP contribution >= 0.6 is 0 Å². The highest BCUT2D eigenvalue weighted by atomic mass is 32.2. The average molecular weight is 371 g/mol. The molecule has 1 aromatic rings. The Labute approximate surface area is 146 Å². The second-order valence-corrected chi connectivity index (χ2v) is 6.60. The van der Waals surface area contributed by atoms with E-state index in [1.165, 1.54) is 0 Å². The van der Waals surface area contributed by atoms with Gasteiger partial charge in [-0.3, -0.25) is 20.1 Å². The van der Waals surface area contributed by atoms with Gasteiger partial charge in [0.25, 0.3) is 16.0 Å². The van der Waals surface area contributed by atoms with Crippen LogP contribution in [0.1, 0.15) is 17.5 Å². The minimum Gasteiger partial charge on any atom is -0.492 e.